The zero-order valence-corrected chi connectivity index (χ0v) is 20.5. The van der Waals surface area contributed by atoms with Gasteiger partial charge in [0.05, 0.1) is 18.5 Å². The Hall–Kier alpha value is -4.90. The van der Waals surface area contributed by atoms with Crippen LogP contribution < -0.4 is 9.47 Å². The zero-order valence-electron chi connectivity index (χ0n) is 20.5. The van der Waals surface area contributed by atoms with E-state index in [9.17, 15) is 4.79 Å². The number of hydrogen-bond acceptors (Lipinski definition) is 4. The van der Waals surface area contributed by atoms with Crippen molar-refractivity contribution in [2.45, 2.75) is 6.61 Å². The first-order valence-electron chi connectivity index (χ1n) is 12.0. The van der Waals surface area contributed by atoms with Gasteiger partial charge in [0.15, 0.2) is 5.78 Å². The van der Waals surface area contributed by atoms with Crippen LogP contribution in [0.4, 0.5) is 0 Å². The Bertz CT molecular complexity index is 1490. The number of methoxy groups -OCH3 is 1. The molecule has 0 aliphatic heterocycles. The summed E-state index contributed by atoms with van der Waals surface area (Å²) in [6, 6.07) is 34.9. The Morgan fingerprint density at radius 2 is 1.46 bits per heavy atom. The first kappa shape index (κ1) is 23.8. The number of hydrogen-bond donors (Lipinski definition) is 0. The molecule has 0 fully saturated rings. The number of allylic oxidation sites excluding steroid dienone is 1. The van der Waals surface area contributed by atoms with Crippen LogP contribution in [0.1, 0.15) is 21.5 Å². The fourth-order valence-electron chi connectivity index (χ4n) is 3.91. The van der Waals surface area contributed by atoms with Gasteiger partial charge in [-0.2, -0.15) is 5.10 Å². The van der Waals surface area contributed by atoms with E-state index in [1.165, 1.54) is 0 Å². The molecular formula is C32H26N2O3. The lowest BCUT2D eigenvalue weighted by Crippen LogP contribution is -1.95. The Morgan fingerprint density at radius 3 is 2.14 bits per heavy atom. The number of carbonyl (C=O) groups excluding carboxylic acids is 1. The van der Waals surface area contributed by atoms with Crippen molar-refractivity contribution >= 4 is 11.9 Å². The van der Waals surface area contributed by atoms with Crippen LogP contribution >= 0.6 is 0 Å². The van der Waals surface area contributed by atoms with Gasteiger partial charge in [0.2, 0.25) is 0 Å². The fourth-order valence-corrected chi connectivity index (χ4v) is 3.91. The molecule has 5 nitrogen and oxygen atoms in total. The van der Waals surface area contributed by atoms with Gasteiger partial charge in [-0.05, 0) is 78.4 Å². The number of carbonyl (C=O) groups is 1. The summed E-state index contributed by atoms with van der Waals surface area (Å²) in [6.07, 6.45) is 5.32. The van der Waals surface area contributed by atoms with Crippen molar-refractivity contribution in [2.24, 2.45) is 0 Å². The van der Waals surface area contributed by atoms with E-state index in [1.807, 2.05) is 102 Å². The third kappa shape index (κ3) is 5.85. The number of benzene rings is 4. The summed E-state index contributed by atoms with van der Waals surface area (Å²) in [4.78, 5) is 12.8. The number of ketones is 1. The SMILES string of the molecule is COc1ccc(C(=O)/C=C/c2cn(-c3ccccc3)nc2-c2ccc(OCc3ccccc3)cc2)cc1. The van der Waals surface area contributed by atoms with Gasteiger partial charge in [-0.15, -0.1) is 0 Å². The van der Waals surface area contributed by atoms with Crippen LogP contribution in [0.15, 0.2) is 121 Å². The Labute approximate surface area is 216 Å². The van der Waals surface area contributed by atoms with E-state index in [0.717, 1.165) is 33.8 Å². The molecule has 5 heteroatoms. The molecule has 0 spiro atoms. The summed E-state index contributed by atoms with van der Waals surface area (Å²) >= 11 is 0. The van der Waals surface area contributed by atoms with Gasteiger partial charge in [-0.1, -0.05) is 48.5 Å². The van der Waals surface area contributed by atoms with E-state index in [1.54, 1.807) is 37.5 Å². The molecule has 0 N–H and O–H groups in total. The molecule has 0 radical (unpaired) electrons. The first-order chi connectivity index (χ1) is 18.2. The third-order valence-electron chi connectivity index (χ3n) is 5.93. The van der Waals surface area contributed by atoms with Crippen LogP contribution in [0.3, 0.4) is 0 Å². The molecule has 0 atom stereocenters. The Balaban J connectivity index is 1.41. The average Bonchev–Trinajstić information content (AvgIpc) is 3.40. The molecule has 5 rings (SSSR count). The molecule has 5 aromatic rings. The summed E-state index contributed by atoms with van der Waals surface area (Å²) in [7, 11) is 1.60. The van der Waals surface area contributed by atoms with Crippen LogP contribution in [-0.4, -0.2) is 22.7 Å². The van der Waals surface area contributed by atoms with Crippen LogP contribution in [0.25, 0.3) is 23.0 Å². The highest BCUT2D eigenvalue weighted by molar-refractivity contribution is 6.07. The minimum atomic E-state index is -0.0919. The highest BCUT2D eigenvalue weighted by Crippen LogP contribution is 2.27. The van der Waals surface area contributed by atoms with Gasteiger partial charge in [0.25, 0.3) is 0 Å². The fraction of sp³-hybridized carbons (Fsp3) is 0.0625. The predicted octanol–water partition coefficient (Wildman–Crippen LogP) is 7.02. The number of rotatable bonds is 9. The standard InChI is InChI=1S/C32H26N2O3/c1-36-29-17-12-25(13-18-29)31(35)21-16-27-22-34(28-10-6-3-7-11-28)33-32(27)26-14-19-30(20-15-26)37-23-24-8-4-2-5-9-24/h2-22H,23H2,1H3/b21-16+. The maximum Gasteiger partial charge on any atom is 0.185 e. The Morgan fingerprint density at radius 1 is 0.811 bits per heavy atom. The van der Waals surface area contributed by atoms with Crippen molar-refractivity contribution in [3.8, 4) is 28.4 Å². The van der Waals surface area contributed by atoms with Gasteiger partial charge in [0, 0.05) is 22.9 Å². The summed E-state index contributed by atoms with van der Waals surface area (Å²) < 4.78 is 12.9. The molecule has 182 valence electrons. The normalized spacial score (nSPS) is 10.9. The molecule has 0 bridgehead atoms. The maximum absolute atomic E-state index is 12.8. The molecule has 0 aliphatic rings. The van der Waals surface area contributed by atoms with E-state index >= 15 is 0 Å². The molecule has 0 saturated carbocycles. The van der Waals surface area contributed by atoms with Crippen molar-refractivity contribution in [1.29, 1.82) is 0 Å². The highest BCUT2D eigenvalue weighted by atomic mass is 16.5. The highest BCUT2D eigenvalue weighted by Gasteiger charge is 2.12. The maximum atomic E-state index is 12.8. The molecular weight excluding hydrogens is 460 g/mol. The lowest BCUT2D eigenvalue weighted by atomic mass is 10.1. The number of ether oxygens (including phenoxy) is 2. The molecule has 37 heavy (non-hydrogen) atoms. The zero-order chi connectivity index (χ0) is 25.5. The van der Waals surface area contributed by atoms with E-state index in [-0.39, 0.29) is 5.78 Å². The van der Waals surface area contributed by atoms with E-state index in [0.29, 0.717) is 17.9 Å². The van der Waals surface area contributed by atoms with Crippen LogP contribution in [-0.2, 0) is 6.61 Å². The second kappa shape index (κ2) is 11.2. The average molecular weight is 487 g/mol. The van der Waals surface area contributed by atoms with Gasteiger partial charge in [0.1, 0.15) is 18.1 Å². The van der Waals surface area contributed by atoms with Crippen molar-refractivity contribution in [1.82, 2.24) is 9.78 Å². The van der Waals surface area contributed by atoms with E-state index < -0.39 is 0 Å². The first-order valence-corrected chi connectivity index (χ1v) is 12.0. The second-order valence-electron chi connectivity index (χ2n) is 8.44. The smallest absolute Gasteiger partial charge is 0.185 e. The monoisotopic (exact) mass is 486 g/mol. The van der Waals surface area contributed by atoms with Crippen LogP contribution in [0.5, 0.6) is 11.5 Å². The lowest BCUT2D eigenvalue weighted by Gasteiger charge is -2.07. The van der Waals surface area contributed by atoms with Crippen molar-refractivity contribution in [3.05, 3.63) is 138 Å². The number of nitrogens with zero attached hydrogens (tertiary/aromatic N) is 2. The molecule has 0 unspecified atom stereocenters. The van der Waals surface area contributed by atoms with Crippen LogP contribution in [0.2, 0.25) is 0 Å². The minimum absolute atomic E-state index is 0.0919. The minimum Gasteiger partial charge on any atom is -0.497 e. The quantitative estimate of drug-likeness (QED) is 0.166. The van der Waals surface area contributed by atoms with Crippen molar-refractivity contribution in [2.75, 3.05) is 7.11 Å². The lowest BCUT2D eigenvalue weighted by molar-refractivity contribution is 0.104. The molecule has 0 saturated heterocycles. The van der Waals surface area contributed by atoms with Gasteiger partial charge < -0.3 is 9.47 Å². The largest absolute Gasteiger partial charge is 0.497 e. The Kier molecular flexibility index (Phi) is 7.23. The van der Waals surface area contributed by atoms with Gasteiger partial charge in [-0.25, -0.2) is 4.68 Å². The van der Waals surface area contributed by atoms with Gasteiger partial charge in [-0.3, -0.25) is 4.79 Å². The summed E-state index contributed by atoms with van der Waals surface area (Å²) in [5.41, 5.74) is 5.18. The molecule has 0 aliphatic carbocycles. The van der Waals surface area contributed by atoms with Crippen LogP contribution in [0, 0.1) is 0 Å². The topological polar surface area (TPSA) is 53.4 Å². The molecule has 1 heterocycles. The van der Waals surface area contributed by atoms with Crippen molar-refractivity contribution in [3.63, 3.8) is 0 Å². The molecule has 4 aromatic carbocycles. The van der Waals surface area contributed by atoms with E-state index in [2.05, 4.69) is 0 Å². The van der Waals surface area contributed by atoms with Crippen molar-refractivity contribution < 1.29 is 14.3 Å². The number of aromatic nitrogens is 2. The third-order valence-corrected chi connectivity index (χ3v) is 5.93. The van der Waals surface area contributed by atoms with E-state index in [4.69, 9.17) is 14.6 Å². The number of para-hydroxylation sites is 1. The summed E-state index contributed by atoms with van der Waals surface area (Å²) in [5.74, 6) is 1.40. The summed E-state index contributed by atoms with van der Waals surface area (Å²) in [5, 5.41) is 4.84. The summed E-state index contributed by atoms with van der Waals surface area (Å²) in [6.45, 7) is 0.504. The molecule has 0 amide bonds. The molecule has 1 aromatic heterocycles. The predicted molar refractivity (Wildman–Crippen MR) is 146 cm³/mol. The van der Waals surface area contributed by atoms with Gasteiger partial charge >= 0.3 is 0 Å². The second-order valence-corrected chi connectivity index (χ2v) is 8.44.